The van der Waals surface area contributed by atoms with Gasteiger partial charge in [0.2, 0.25) is 0 Å². The average molecular weight is 261 g/mol. The molecular weight excluding hydrogens is 246 g/mol. The Hall–Kier alpha value is -1.95. The molecule has 0 saturated heterocycles. The van der Waals surface area contributed by atoms with Crippen molar-refractivity contribution in [2.24, 2.45) is 12.8 Å². The fourth-order valence-electron chi connectivity index (χ4n) is 1.78. The smallest absolute Gasteiger partial charge is 0.146 e. The van der Waals surface area contributed by atoms with Crippen molar-refractivity contribution in [3.8, 4) is 0 Å². The van der Waals surface area contributed by atoms with Crippen molar-refractivity contribution < 1.29 is 0 Å². The van der Waals surface area contributed by atoms with Gasteiger partial charge in [0.25, 0.3) is 0 Å². The van der Waals surface area contributed by atoms with Gasteiger partial charge in [0.15, 0.2) is 0 Å². The summed E-state index contributed by atoms with van der Waals surface area (Å²) in [5, 5.41) is 4.05. The first-order valence-electron chi connectivity index (χ1n) is 5.52. The third kappa shape index (κ3) is 2.48. The minimum atomic E-state index is 0.399. The lowest BCUT2D eigenvalue weighted by atomic mass is 10.1. The van der Waals surface area contributed by atoms with E-state index in [9.17, 15) is 0 Å². The topological polar surface area (TPSA) is 60.0 Å². The van der Waals surface area contributed by atoms with Crippen LogP contribution in [0, 0.1) is 0 Å². The average Bonchev–Trinajstić information content (AvgIpc) is 2.75. The standard InChI is InChI=1S/C12H15N5S/c1-16(7-11-14-8-15-17(11)2)10-6-4-3-5-9(10)12(13)18/h3-6,8H,7H2,1-2H3,(H2,13,18). The van der Waals surface area contributed by atoms with E-state index in [0.717, 1.165) is 17.1 Å². The first-order chi connectivity index (χ1) is 8.59. The Morgan fingerprint density at radius 1 is 1.44 bits per heavy atom. The van der Waals surface area contributed by atoms with E-state index in [1.807, 2.05) is 38.4 Å². The van der Waals surface area contributed by atoms with Crippen LogP contribution < -0.4 is 10.6 Å². The van der Waals surface area contributed by atoms with E-state index in [-0.39, 0.29) is 0 Å². The summed E-state index contributed by atoms with van der Waals surface area (Å²) in [5.41, 5.74) is 7.59. The van der Waals surface area contributed by atoms with Gasteiger partial charge in [-0.25, -0.2) is 4.98 Å². The first kappa shape index (κ1) is 12.5. The van der Waals surface area contributed by atoms with Gasteiger partial charge < -0.3 is 10.6 Å². The summed E-state index contributed by atoms with van der Waals surface area (Å²) >= 11 is 5.06. The fourth-order valence-corrected chi connectivity index (χ4v) is 1.95. The summed E-state index contributed by atoms with van der Waals surface area (Å²) in [6.45, 7) is 0.649. The normalized spacial score (nSPS) is 10.3. The number of para-hydroxylation sites is 1. The number of nitrogens with two attached hydrogens (primary N) is 1. The Morgan fingerprint density at radius 2 is 2.17 bits per heavy atom. The molecule has 2 rings (SSSR count). The van der Waals surface area contributed by atoms with Crippen LogP contribution in [0.2, 0.25) is 0 Å². The lowest BCUT2D eigenvalue weighted by Crippen LogP contribution is -2.23. The van der Waals surface area contributed by atoms with Crippen molar-refractivity contribution in [2.45, 2.75) is 6.54 Å². The molecule has 2 N–H and O–H groups in total. The predicted octanol–water partition coefficient (Wildman–Crippen LogP) is 1.09. The molecule has 0 aliphatic rings. The van der Waals surface area contributed by atoms with Gasteiger partial charge in [0.05, 0.1) is 6.54 Å². The quantitative estimate of drug-likeness (QED) is 0.835. The molecule has 0 spiro atoms. The summed E-state index contributed by atoms with van der Waals surface area (Å²) in [5.74, 6) is 0.884. The Balaban J connectivity index is 2.26. The number of anilines is 1. The van der Waals surface area contributed by atoms with Crippen molar-refractivity contribution in [2.75, 3.05) is 11.9 Å². The Labute approximate surface area is 111 Å². The zero-order chi connectivity index (χ0) is 13.1. The lowest BCUT2D eigenvalue weighted by molar-refractivity contribution is 0.688. The summed E-state index contributed by atoms with van der Waals surface area (Å²) in [7, 11) is 3.85. The van der Waals surface area contributed by atoms with Crippen LogP contribution in [0.15, 0.2) is 30.6 Å². The second-order valence-electron chi connectivity index (χ2n) is 4.04. The predicted molar refractivity (Wildman–Crippen MR) is 75.4 cm³/mol. The summed E-state index contributed by atoms with van der Waals surface area (Å²) in [6.07, 6.45) is 1.54. The van der Waals surface area contributed by atoms with Crippen molar-refractivity contribution >= 4 is 22.9 Å². The molecule has 0 aliphatic heterocycles. The summed E-state index contributed by atoms with van der Waals surface area (Å²) in [6, 6.07) is 7.80. The van der Waals surface area contributed by atoms with Crippen LogP contribution >= 0.6 is 12.2 Å². The van der Waals surface area contributed by atoms with Crippen LogP contribution in [0.1, 0.15) is 11.4 Å². The van der Waals surface area contributed by atoms with Gasteiger partial charge in [0.1, 0.15) is 17.1 Å². The molecule has 0 amide bonds. The molecule has 0 atom stereocenters. The molecule has 1 heterocycles. The number of aromatic nitrogens is 3. The maximum atomic E-state index is 5.73. The molecule has 5 nitrogen and oxygen atoms in total. The van der Waals surface area contributed by atoms with Gasteiger partial charge in [-0.05, 0) is 12.1 Å². The van der Waals surface area contributed by atoms with Gasteiger partial charge >= 0.3 is 0 Å². The summed E-state index contributed by atoms with van der Waals surface area (Å²) < 4.78 is 1.75. The molecule has 1 aromatic carbocycles. The molecule has 18 heavy (non-hydrogen) atoms. The molecule has 1 aromatic heterocycles. The molecule has 0 fully saturated rings. The largest absolute Gasteiger partial charge is 0.389 e. The van der Waals surface area contributed by atoms with Gasteiger partial charge in [-0.2, -0.15) is 5.10 Å². The van der Waals surface area contributed by atoms with E-state index in [1.165, 1.54) is 0 Å². The Morgan fingerprint density at radius 3 is 2.78 bits per heavy atom. The van der Waals surface area contributed by atoms with E-state index < -0.39 is 0 Å². The van der Waals surface area contributed by atoms with Crippen molar-refractivity contribution in [1.82, 2.24) is 14.8 Å². The zero-order valence-corrected chi connectivity index (χ0v) is 11.2. The Kier molecular flexibility index (Phi) is 3.57. The van der Waals surface area contributed by atoms with E-state index >= 15 is 0 Å². The molecular formula is C12H15N5S. The maximum absolute atomic E-state index is 5.73. The molecule has 2 aromatic rings. The molecule has 0 bridgehead atoms. The van der Waals surface area contributed by atoms with Crippen LogP contribution in [0.5, 0.6) is 0 Å². The number of nitrogens with zero attached hydrogens (tertiary/aromatic N) is 4. The first-order valence-corrected chi connectivity index (χ1v) is 5.93. The van der Waals surface area contributed by atoms with Crippen LogP contribution in [-0.4, -0.2) is 26.8 Å². The molecule has 0 unspecified atom stereocenters. The van der Waals surface area contributed by atoms with E-state index in [0.29, 0.717) is 11.5 Å². The number of hydrogen-bond donors (Lipinski definition) is 1. The van der Waals surface area contributed by atoms with Crippen LogP contribution in [0.4, 0.5) is 5.69 Å². The van der Waals surface area contributed by atoms with Crippen molar-refractivity contribution in [3.05, 3.63) is 42.0 Å². The molecule has 0 aliphatic carbocycles. The highest BCUT2D eigenvalue weighted by Gasteiger charge is 2.11. The van der Waals surface area contributed by atoms with E-state index in [4.69, 9.17) is 18.0 Å². The monoisotopic (exact) mass is 261 g/mol. The van der Waals surface area contributed by atoms with E-state index in [1.54, 1.807) is 11.0 Å². The van der Waals surface area contributed by atoms with Crippen molar-refractivity contribution in [1.29, 1.82) is 0 Å². The fraction of sp³-hybridized carbons (Fsp3) is 0.250. The van der Waals surface area contributed by atoms with Crippen LogP contribution in [0.25, 0.3) is 0 Å². The number of aryl methyl sites for hydroxylation is 1. The minimum Gasteiger partial charge on any atom is -0.389 e. The van der Waals surface area contributed by atoms with Gasteiger partial charge in [-0.1, -0.05) is 24.4 Å². The minimum absolute atomic E-state index is 0.399. The Bertz CT molecular complexity index is 563. The lowest BCUT2D eigenvalue weighted by Gasteiger charge is -2.21. The third-order valence-electron chi connectivity index (χ3n) is 2.76. The molecule has 0 saturated carbocycles. The molecule has 94 valence electrons. The molecule has 0 radical (unpaired) electrons. The van der Waals surface area contributed by atoms with E-state index in [2.05, 4.69) is 15.0 Å². The highest BCUT2D eigenvalue weighted by atomic mass is 32.1. The second kappa shape index (κ2) is 5.14. The third-order valence-corrected chi connectivity index (χ3v) is 2.98. The number of thiocarbonyl (C=S) groups is 1. The highest BCUT2D eigenvalue weighted by Crippen LogP contribution is 2.20. The number of benzene rings is 1. The SMILES string of the molecule is CN(Cc1ncnn1C)c1ccccc1C(N)=S. The van der Waals surface area contributed by atoms with Gasteiger partial charge in [0, 0.05) is 25.3 Å². The molecule has 6 heteroatoms. The highest BCUT2D eigenvalue weighted by molar-refractivity contribution is 7.80. The van der Waals surface area contributed by atoms with Crippen molar-refractivity contribution in [3.63, 3.8) is 0 Å². The number of rotatable bonds is 4. The van der Waals surface area contributed by atoms with Gasteiger partial charge in [-0.15, -0.1) is 0 Å². The second-order valence-corrected chi connectivity index (χ2v) is 4.48. The van der Waals surface area contributed by atoms with Gasteiger partial charge in [-0.3, -0.25) is 4.68 Å². The maximum Gasteiger partial charge on any atom is 0.146 e. The number of hydrogen-bond acceptors (Lipinski definition) is 4. The summed E-state index contributed by atoms with van der Waals surface area (Å²) in [4.78, 5) is 6.65. The van der Waals surface area contributed by atoms with Crippen LogP contribution in [-0.2, 0) is 13.6 Å². The van der Waals surface area contributed by atoms with Crippen LogP contribution in [0.3, 0.4) is 0 Å². The zero-order valence-electron chi connectivity index (χ0n) is 10.4.